The number of aryl methyl sites for hydroxylation is 1. The van der Waals surface area contributed by atoms with Crippen LogP contribution in [0, 0.1) is 13.8 Å². The summed E-state index contributed by atoms with van der Waals surface area (Å²) in [5, 5.41) is 9.95. The molecule has 0 aliphatic heterocycles. The topological polar surface area (TPSA) is 38.7 Å². The van der Waals surface area contributed by atoms with E-state index in [0.717, 1.165) is 11.1 Å². The summed E-state index contributed by atoms with van der Waals surface area (Å²) in [5.41, 5.74) is 2.10. The molecule has 1 atom stereocenters. The van der Waals surface area contributed by atoms with Crippen molar-refractivity contribution in [3.8, 4) is 5.75 Å². The van der Waals surface area contributed by atoms with Gasteiger partial charge >= 0.3 is 12.3 Å². The Labute approximate surface area is 120 Å². The van der Waals surface area contributed by atoms with Crippen molar-refractivity contribution in [2.45, 2.75) is 32.3 Å². The Morgan fingerprint density at radius 2 is 1.86 bits per heavy atom. The van der Waals surface area contributed by atoms with Crippen molar-refractivity contribution in [2.75, 3.05) is 20.3 Å². The minimum absolute atomic E-state index is 0.362. The van der Waals surface area contributed by atoms with E-state index in [9.17, 15) is 22.7 Å². The number of methoxy groups -OCH3 is 1. The number of hydrogen-bond donors (Lipinski definition) is 1. The van der Waals surface area contributed by atoms with Crippen LogP contribution in [0.1, 0.15) is 22.8 Å². The SMILES string of the molecule is COc1c(C(O)COCC(F)(F)C(F)F)ccc(C)c1C. The first kappa shape index (κ1) is 17.7. The van der Waals surface area contributed by atoms with E-state index in [1.807, 2.05) is 6.92 Å². The van der Waals surface area contributed by atoms with Gasteiger partial charge in [-0.05, 0) is 25.0 Å². The van der Waals surface area contributed by atoms with Gasteiger partial charge in [-0.15, -0.1) is 0 Å². The van der Waals surface area contributed by atoms with Gasteiger partial charge in [0.25, 0.3) is 0 Å². The van der Waals surface area contributed by atoms with Gasteiger partial charge < -0.3 is 14.6 Å². The summed E-state index contributed by atoms with van der Waals surface area (Å²) in [5.74, 6) is -3.81. The molecule has 0 saturated carbocycles. The highest BCUT2D eigenvalue weighted by Crippen LogP contribution is 2.31. The molecule has 1 N–H and O–H groups in total. The molecule has 1 aromatic carbocycles. The molecule has 21 heavy (non-hydrogen) atoms. The van der Waals surface area contributed by atoms with Gasteiger partial charge in [0, 0.05) is 5.56 Å². The van der Waals surface area contributed by atoms with Crippen molar-refractivity contribution in [1.82, 2.24) is 0 Å². The van der Waals surface area contributed by atoms with E-state index in [2.05, 4.69) is 4.74 Å². The molecule has 7 heteroatoms. The van der Waals surface area contributed by atoms with E-state index >= 15 is 0 Å². The third-order valence-corrected chi connectivity index (χ3v) is 3.16. The Morgan fingerprint density at radius 1 is 1.24 bits per heavy atom. The zero-order chi connectivity index (χ0) is 16.2. The number of rotatable bonds is 7. The minimum atomic E-state index is -4.23. The van der Waals surface area contributed by atoms with Crippen LogP contribution < -0.4 is 4.74 Å². The third-order valence-electron chi connectivity index (χ3n) is 3.16. The summed E-state index contributed by atoms with van der Waals surface area (Å²) >= 11 is 0. The van der Waals surface area contributed by atoms with Crippen LogP contribution in [0.25, 0.3) is 0 Å². The number of hydrogen-bond acceptors (Lipinski definition) is 3. The first-order chi connectivity index (χ1) is 9.70. The average Bonchev–Trinajstić information content (AvgIpc) is 2.41. The number of ether oxygens (including phenoxy) is 2. The molecule has 0 aromatic heterocycles. The number of halogens is 4. The van der Waals surface area contributed by atoms with Crippen molar-refractivity contribution < 1.29 is 32.1 Å². The van der Waals surface area contributed by atoms with Gasteiger partial charge in [-0.3, -0.25) is 0 Å². The maximum Gasteiger partial charge on any atom is 0.330 e. The van der Waals surface area contributed by atoms with Crippen LogP contribution >= 0.6 is 0 Å². The maximum atomic E-state index is 12.7. The third kappa shape index (κ3) is 4.31. The van der Waals surface area contributed by atoms with Crippen molar-refractivity contribution in [1.29, 1.82) is 0 Å². The second-order valence-electron chi connectivity index (χ2n) is 4.72. The molecule has 1 unspecified atom stereocenters. The monoisotopic (exact) mass is 310 g/mol. The van der Waals surface area contributed by atoms with Crippen LogP contribution in [0.3, 0.4) is 0 Å². The quantitative estimate of drug-likeness (QED) is 0.786. The first-order valence-corrected chi connectivity index (χ1v) is 6.26. The van der Waals surface area contributed by atoms with Gasteiger partial charge in [-0.1, -0.05) is 12.1 Å². The predicted octanol–water partition coefficient (Wildman–Crippen LogP) is 3.26. The predicted molar refractivity (Wildman–Crippen MR) is 69.2 cm³/mol. The zero-order valence-corrected chi connectivity index (χ0v) is 12.0. The number of alkyl halides is 4. The van der Waals surface area contributed by atoms with Crippen molar-refractivity contribution in [2.24, 2.45) is 0 Å². The van der Waals surface area contributed by atoms with Crippen molar-refractivity contribution in [3.05, 3.63) is 28.8 Å². The van der Waals surface area contributed by atoms with E-state index in [-0.39, 0.29) is 0 Å². The number of aliphatic hydroxyl groups is 1. The fourth-order valence-corrected chi connectivity index (χ4v) is 1.80. The zero-order valence-electron chi connectivity index (χ0n) is 12.0. The highest BCUT2D eigenvalue weighted by Gasteiger charge is 2.41. The lowest BCUT2D eigenvalue weighted by Gasteiger charge is -2.20. The summed E-state index contributed by atoms with van der Waals surface area (Å²) in [6.45, 7) is 1.67. The Morgan fingerprint density at radius 3 is 2.38 bits per heavy atom. The molecule has 1 aromatic rings. The minimum Gasteiger partial charge on any atom is -0.496 e. The molecule has 3 nitrogen and oxygen atoms in total. The van der Waals surface area contributed by atoms with Crippen molar-refractivity contribution in [3.63, 3.8) is 0 Å². The highest BCUT2D eigenvalue weighted by atomic mass is 19.3. The Bertz CT molecular complexity index is 478. The normalized spacial score (nSPS) is 13.6. The van der Waals surface area contributed by atoms with Crippen LogP contribution in [0.5, 0.6) is 5.75 Å². The van der Waals surface area contributed by atoms with E-state index in [4.69, 9.17) is 4.74 Å². The fraction of sp³-hybridized carbons (Fsp3) is 0.571. The molecule has 0 aliphatic rings. The molecule has 0 spiro atoms. The standard InChI is InChI=1S/C14H18F4O3/c1-8-4-5-10(12(20-3)9(8)2)11(19)6-21-7-14(17,18)13(15)16/h4-5,11,13,19H,6-7H2,1-3H3. The lowest BCUT2D eigenvalue weighted by atomic mass is 10.0. The van der Waals surface area contributed by atoms with Crippen molar-refractivity contribution >= 4 is 0 Å². The molecule has 1 rings (SSSR count). The van der Waals surface area contributed by atoms with Crippen LogP contribution in [0.15, 0.2) is 12.1 Å². The lowest BCUT2D eigenvalue weighted by Crippen LogP contribution is -2.33. The summed E-state index contributed by atoms with van der Waals surface area (Å²) in [6, 6.07) is 3.32. The van der Waals surface area contributed by atoms with Gasteiger partial charge in [-0.25, -0.2) is 8.78 Å². The Balaban J connectivity index is 2.73. The fourth-order valence-electron chi connectivity index (χ4n) is 1.80. The summed E-state index contributed by atoms with van der Waals surface area (Å²) in [7, 11) is 1.42. The Kier molecular flexibility index (Phi) is 5.98. The molecular weight excluding hydrogens is 292 g/mol. The summed E-state index contributed by atoms with van der Waals surface area (Å²) < 4.78 is 59.0. The van der Waals surface area contributed by atoms with Crippen LogP contribution in [0.2, 0.25) is 0 Å². The molecule has 0 bridgehead atoms. The Hall–Kier alpha value is -1.34. The average molecular weight is 310 g/mol. The largest absolute Gasteiger partial charge is 0.496 e. The van der Waals surface area contributed by atoms with Gasteiger partial charge in [-0.2, -0.15) is 8.78 Å². The van der Waals surface area contributed by atoms with Gasteiger partial charge in [0.1, 0.15) is 18.5 Å². The number of aliphatic hydroxyl groups excluding tert-OH is 1. The van der Waals surface area contributed by atoms with E-state index in [1.165, 1.54) is 7.11 Å². The maximum absolute atomic E-state index is 12.7. The molecule has 0 radical (unpaired) electrons. The van der Waals surface area contributed by atoms with Gasteiger partial charge in [0.15, 0.2) is 0 Å². The van der Waals surface area contributed by atoms with Gasteiger partial charge in [0.2, 0.25) is 0 Å². The van der Waals surface area contributed by atoms with Gasteiger partial charge in [0.05, 0.1) is 13.7 Å². The molecule has 0 saturated heterocycles. The van der Waals surface area contributed by atoms with E-state index in [0.29, 0.717) is 11.3 Å². The lowest BCUT2D eigenvalue weighted by molar-refractivity contribution is -0.170. The highest BCUT2D eigenvalue weighted by molar-refractivity contribution is 5.46. The summed E-state index contributed by atoms with van der Waals surface area (Å²) in [4.78, 5) is 0. The van der Waals surface area contributed by atoms with E-state index < -0.39 is 31.7 Å². The molecule has 120 valence electrons. The van der Waals surface area contributed by atoms with Crippen LogP contribution in [0.4, 0.5) is 17.6 Å². The second kappa shape index (κ2) is 7.09. The van der Waals surface area contributed by atoms with E-state index in [1.54, 1.807) is 19.1 Å². The second-order valence-corrected chi connectivity index (χ2v) is 4.72. The summed E-state index contributed by atoms with van der Waals surface area (Å²) in [6.07, 6.45) is -5.04. The smallest absolute Gasteiger partial charge is 0.330 e. The molecule has 0 aliphatic carbocycles. The molecule has 0 amide bonds. The first-order valence-electron chi connectivity index (χ1n) is 6.26. The van der Waals surface area contributed by atoms with Crippen LogP contribution in [-0.2, 0) is 4.74 Å². The molecular formula is C14H18F4O3. The van der Waals surface area contributed by atoms with Crippen LogP contribution in [-0.4, -0.2) is 37.8 Å². The molecule has 0 heterocycles. The molecule has 0 fully saturated rings. The number of benzene rings is 1.